The Kier molecular flexibility index (Phi) is 7.12. The van der Waals surface area contributed by atoms with E-state index in [0.717, 1.165) is 19.4 Å². The molecule has 0 atom stereocenters. The minimum absolute atomic E-state index is 0.757. The molecule has 0 bridgehead atoms. The largest absolute Gasteiger partial charge is 0.181 e. The second-order valence-corrected chi connectivity index (χ2v) is 3.20. The van der Waals surface area contributed by atoms with Gasteiger partial charge in [-0.25, -0.2) is 0 Å². The van der Waals surface area contributed by atoms with Crippen LogP contribution in [0.5, 0.6) is 0 Å². The highest BCUT2D eigenvalue weighted by molar-refractivity contribution is 4.33. The first-order chi connectivity index (χ1) is 6.06. The summed E-state index contributed by atoms with van der Waals surface area (Å²) in [5.74, 6) is 0. The zero-order chi connectivity index (χ0) is 10.3. The molecule has 0 N–H and O–H groups in total. The number of hydrogen-bond donors (Lipinski definition) is 0. The molecule has 0 aliphatic rings. The number of nitrogens with zero attached hydrogens (tertiary/aromatic N) is 3. The first kappa shape index (κ1) is 12.8. The zero-order valence-electron chi connectivity index (χ0n) is 9.28. The molecule has 0 rings (SSSR count). The number of unbranched alkanes of at least 4 members (excludes halogenated alkanes) is 1. The summed E-state index contributed by atoms with van der Waals surface area (Å²) in [4.78, 5) is 10.5. The van der Waals surface area contributed by atoms with E-state index in [9.17, 15) is 0 Å². The van der Waals surface area contributed by atoms with Crippen molar-refractivity contribution in [3.05, 3.63) is 0 Å². The molecule has 0 unspecified atom stereocenters. The minimum atomic E-state index is 0.757. The van der Waals surface area contributed by atoms with Crippen molar-refractivity contribution in [1.29, 1.82) is 0 Å². The molecule has 0 aromatic rings. The maximum Gasteiger partial charge on any atom is 0.0555 e. The Balaban J connectivity index is 3.73. The first-order valence-electron chi connectivity index (χ1n) is 4.54. The van der Waals surface area contributed by atoms with Crippen molar-refractivity contribution in [2.45, 2.75) is 19.8 Å². The molecule has 5 nitrogen and oxygen atoms in total. The van der Waals surface area contributed by atoms with Gasteiger partial charge in [0.25, 0.3) is 0 Å². The molecule has 0 radical (unpaired) electrons. The van der Waals surface area contributed by atoms with E-state index < -0.39 is 0 Å². The molecule has 0 amide bonds. The van der Waals surface area contributed by atoms with Gasteiger partial charge in [-0.05, 0) is 11.6 Å². The maximum atomic E-state index is 5.27. The Morgan fingerprint density at radius 1 is 0.923 bits per heavy atom. The van der Waals surface area contributed by atoms with Crippen molar-refractivity contribution in [2.24, 2.45) is 0 Å². The molecule has 0 aliphatic carbocycles. The van der Waals surface area contributed by atoms with Crippen LogP contribution in [-0.2, 0) is 9.88 Å². The lowest BCUT2D eigenvalue weighted by molar-refractivity contribution is -0.499. The average molecular weight is 191 g/mol. The predicted octanol–water partition coefficient (Wildman–Crippen LogP) is 0.905. The Morgan fingerprint density at radius 2 is 1.38 bits per heavy atom. The van der Waals surface area contributed by atoms with E-state index in [1.165, 1.54) is 5.23 Å². The standard InChI is InChI=1S/C8H21N3O2/c1-6-7-8-11(12-9(2)3)13-10(4)5/h6-8H2,1-5H3. The van der Waals surface area contributed by atoms with Gasteiger partial charge in [0.1, 0.15) is 0 Å². The van der Waals surface area contributed by atoms with Crippen molar-refractivity contribution in [3.8, 4) is 0 Å². The van der Waals surface area contributed by atoms with Crippen molar-refractivity contribution in [2.75, 3.05) is 34.7 Å². The third-order valence-corrected chi connectivity index (χ3v) is 1.20. The smallest absolute Gasteiger partial charge is 0.0555 e. The van der Waals surface area contributed by atoms with Gasteiger partial charge in [0.15, 0.2) is 0 Å². The molecule has 0 saturated carbocycles. The van der Waals surface area contributed by atoms with Crippen LogP contribution >= 0.6 is 0 Å². The summed E-state index contributed by atoms with van der Waals surface area (Å²) < 4.78 is 0. The molecule has 0 fully saturated rings. The summed E-state index contributed by atoms with van der Waals surface area (Å²) >= 11 is 0. The van der Waals surface area contributed by atoms with Crippen LogP contribution in [0, 0.1) is 0 Å². The number of rotatable bonds is 7. The van der Waals surface area contributed by atoms with Crippen LogP contribution in [0.25, 0.3) is 0 Å². The summed E-state index contributed by atoms with van der Waals surface area (Å²) in [6.07, 6.45) is 2.16. The molecular weight excluding hydrogens is 170 g/mol. The monoisotopic (exact) mass is 191 g/mol. The van der Waals surface area contributed by atoms with Crippen molar-refractivity contribution >= 4 is 0 Å². The van der Waals surface area contributed by atoms with Crippen LogP contribution < -0.4 is 0 Å². The van der Waals surface area contributed by atoms with Crippen LogP contribution in [-0.4, -0.2) is 50.1 Å². The van der Waals surface area contributed by atoms with Crippen LogP contribution in [0.4, 0.5) is 0 Å². The van der Waals surface area contributed by atoms with Gasteiger partial charge in [-0.3, -0.25) is 0 Å². The topological polar surface area (TPSA) is 28.2 Å². The Labute approximate surface area is 80.6 Å². The van der Waals surface area contributed by atoms with E-state index in [0.29, 0.717) is 0 Å². The summed E-state index contributed by atoms with van der Waals surface area (Å²) in [7, 11) is 7.27. The van der Waals surface area contributed by atoms with Crippen LogP contribution in [0.3, 0.4) is 0 Å². The van der Waals surface area contributed by atoms with Crippen molar-refractivity contribution in [1.82, 2.24) is 15.4 Å². The summed E-state index contributed by atoms with van der Waals surface area (Å²) in [5.41, 5.74) is 0. The maximum absolute atomic E-state index is 5.27. The minimum Gasteiger partial charge on any atom is -0.181 e. The van der Waals surface area contributed by atoms with E-state index in [-0.39, 0.29) is 0 Å². The van der Waals surface area contributed by atoms with Gasteiger partial charge in [0.2, 0.25) is 0 Å². The molecule has 0 aliphatic heterocycles. The van der Waals surface area contributed by atoms with E-state index in [4.69, 9.17) is 9.88 Å². The Hall–Kier alpha value is -0.200. The predicted molar refractivity (Wildman–Crippen MR) is 51.2 cm³/mol. The van der Waals surface area contributed by atoms with E-state index in [1.54, 1.807) is 10.1 Å². The third kappa shape index (κ3) is 8.14. The highest BCUT2D eigenvalue weighted by Crippen LogP contribution is 1.99. The zero-order valence-corrected chi connectivity index (χ0v) is 9.28. The second-order valence-electron chi connectivity index (χ2n) is 3.20. The average Bonchev–Trinajstić information content (AvgIpc) is 1.98. The molecular formula is C8H21N3O2. The molecule has 0 aromatic heterocycles. The number of hydroxylamine groups is 6. The lowest BCUT2D eigenvalue weighted by Crippen LogP contribution is -2.36. The highest BCUT2D eigenvalue weighted by atomic mass is 17.1. The lowest BCUT2D eigenvalue weighted by atomic mass is 10.3. The van der Waals surface area contributed by atoms with Gasteiger partial charge >= 0.3 is 0 Å². The summed E-state index contributed by atoms with van der Waals surface area (Å²) in [5, 5.41) is 4.65. The van der Waals surface area contributed by atoms with E-state index >= 15 is 0 Å². The fourth-order valence-corrected chi connectivity index (χ4v) is 0.748. The quantitative estimate of drug-likeness (QED) is 0.558. The lowest BCUT2D eigenvalue weighted by Gasteiger charge is -2.25. The molecule has 0 spiro atoms. The normalized spacial score (nSPS) is 12.0. The summed E-state index contributed by atoms with van der Waals surface area (Å²) in [6.45, 7) is 2.89. The Bertz CT molecular complexity index is 110. The first-order valence-corrected chi connectivity index (χ1v) is 4.54. The molecule has 80 valence electrons. The molecule has 13 heavy (non-hydrogen) atoms. The molecule has 5 heteroatoms. The summed E-state index contributed by atoms with van der Waals surface area (Å²) in [6, 6.07) is 0. The van der Waals surface area contributed by atoms with Crippen LogP contribution in [0.2, 0.25) is 0 Å². The van der Waals surface area contributed by atoms with Gasteiger partial charge in [0.05, 0.1) is 6.54 Å². The fourth-order valence-electron chi connectivity index (χ4n) is 0.748. The van der Waals surface area contributed by atoms with Gasteiger partial charge < -0.3 is 0 Å². The van der Waals surface area contributed by atoms with Gasteiger partial charge in [0, 0.05) is 28.2 Å². The van der Waals surface area contributed by atoms with Gasteiger partial charge in [-0.2, -0.15) is 20.0 Å². The molecule has 0 saturated heterocycles. The molecule has 0 aromatic carbocycles. The van der Waals surface area contributed by atoms with E-state index in [1.807, 2.05) is 28.2 Å². The van der Waals surface area contributed by atoms with Crippen LogP contribution in [0.15, 0.2) is 0 Å². The SMILES string of the molecule is CCCCN(ON(C)C)ON(C)C. The molecule has 0 heterocycles. The van der Waals surface area contributed by atoms with Gasteiger partial charge in [-0.1, -0.05) is 13.3 Å². The third-order valence-electron chi connectivity index (χ3n) is 1.20. The van der Waals surface area contributed by atoms with Gasteiger partial charge in [-0.15, -0.1) is 0 Å². The Morgan fingerprint density at radius 3 is 1.69 bits per heavy atom. The number of hydrogen-bond acceptors (Lipinski definition) is 5. The van der Waals surface area contributed by atoms with Crippen LogP contribution in [0.1, 0.15) is 19.8 Å². The highest BCUT2D eigenvalue weighted by Gasteiger charge is 2.08. The van der Waals surface area contributed by atoms with Crippen molar-refractivity contribution in [3.63, 3.8) is 0 Å². The fraction of sp³-hybridized carbons (Fsp3) is 1.00. The second kappa shape index (κ2) is 7.23. The van der Waals surface area contributed by atoms with Crippen molar-refractivity contribution < 1.29 is 9.88 Å². The van der Waals surface area contributed by atoms with E-state index in [2.05, 4.69) is 6.92 Å².